The van der Waals surface area contributed by atoms with Crippen molar-refractivity contribution in [3.63, 3.8) is 0 Å². The third-order valence-electron chi connectivity index (χ3n) is 9.14. The van der Waals surface area contributed by atoms with Gasteiger partial charge in [0, 0.05) is 25.7 Å². The van der Waals surface area contributed by atoms with Crippen LogP contribution in [0.3, 0.4) is 0 Å². The van der Waals surface area contributed by atoms with E-state index in [0.717, 1.165) is 23.1 Å². The Labute approximate surface area is 325 Å². The molecule has 0 aromatic heterocycles. The van der Waals surface area contributed by atoms with Crippen LogP contribution in [-0.4, -0.2) is 65.7 Å². The Balaban J connectivity index is 1.87. The van der Waals surface area contributed by atoms with E-state index in [1.807, 2.05) is 112 Å². The molecule has 55 heavy (non-hydrogen) atoms. The van der Waals surface area contributed by atoms with Crippen LogP contribution in [0.4, 0.5) is 0 Å². The Kier molecular flexibility index (Phi) is 18.1. The van der Waals surface area contributed by atoms with E-state index < -0.39 is 59.7 Å². The zero-order valence-corrected chi connectivity index (χ0v) is 32.7. The van der Waals surface area contributed by atoms with Gasteiger partial charge in [-0.25, -0.2) is 0 Å². The van der Waals surface area contributed by atoms with Gasteiger partial charge in [-0.15, -0.1) is 0 Å². The van der Waals surface area contributed by atoms with Crippen molar-refractivity contribution in [2.24, 2.45) is 17.6 Å². The highest BCUT2D eigenvalue weighted by atomic mass is 16.2. The third-order valence-corrected chi connectivity index (χ3v) is 9.14. The normalized spacial score (nSPS) is 13.8. The molecule has 0 aliphatic heterocycles. The van der Waals surface area contributed by atoms with E-state index in [1.54, 1.807) is 13.8 Å². The summed E-state index contributed by atoms with van der Waals surface area (Å²) in [6.07, 6.45) is 2.53. The minimum atomic E-state index is -1.16. The van der Waals surface area contributed by atoms with Crippen LogP contribution in [-0.2, 0) is 48.0 Å². The summed E-state index contributed by atoms with van der Waals surface area (Å²) in [6, 6.07) is 22.1. The minimum Gasteiger partial charge on any atom is -0.368 e. The molecule has 0 unspecified atom stereocenters. The van der Waals surface area contributed by atoms with Crippen LogP contribution < -0.4 is 32.3 Å². The van der Waals surface area contributed by atoms with E-state index in [0.29, 0.717) is 19.3 Å². The maximum atomic E-state index is 14.2. The SMILES string of the molecule is CCCCC(=O)N[C@H](CC(C)C)C(=O)N[C@@H](C(=O)N[C@H](Cc1ccccc1)C(=O)N[C@H](Cc1ccccc1)C(=O)N[C@H](Cc1ccccc1)C(N)=O)C(C)C. The zero-order valence-electron chi connectivity index (χ0n) is 32.7. The van der Waals surface area contributed by atoms with Gasteiger partial charge >= 0.3 is 0 Å². The molecule has 5 atom stereocenters. The summed E-state index contributed by atoms with van der Waals surface area (Å²) in [5, 5.41) is 14.1. The number of unbranched alkanes of at least 4 members (excludes halogenated alkanes) is 1. The van der Waals surface area contributed by atoms with E-state index in [-0.39, 0.29) is 37.0 Å². The van der Waals surface area contributed by atoms with Crippen LogP contribution in [0, 0.1) is 11.8 Å². The summed E-state index contributed by atoms with van der Waals surface area (Å²) in [5.41, 5.74) is 8.01. The molecule has 3 aromatic rings. The fourth-order valence-corrected chi connectivity index (χ4v) is 6.09. The van der Waals surface area contributed by atoms with E-state index in [9.17, 15) is 28.8 Å². The topological polar surface area (TPSA) is 189 Å². The van der Waals surface area contributed by atoms with Gasteiger partial charge in [-0.1, -0.05) is 132 Å². The Morgan fingerprint density at radius 2 is 0.927 bits per heavy atom. The second-order valence-corrected chi connectivity index (χ2v) is 14.7. The molecule has 7 N–H and O–H groups in total. The van der Waals surface area contributed by atoms with Crippen LogP contribution in [0.5, 0.6) is 0 Å². The highest BCUT2D eigenvalue weighted by molar-refractivity contribution is 5.96. The molecule has 0 saturated carbocycles. The quantitative estimate of drug-likeness (QED) is 0.0911. The lowest BCUT2D eigenvalue weighted by molar-refractivity contribution is -0.135. The van der Waals surface area contributed by atoms with Crippen molar-refractivity contribution in [1.29, 1.82) is 0 Å². The van der Waals surface area contributed by atoms with Gasteiger partial charge in [-0.3, -0.25) is 28.8 Å². The molecule has 3 aromatic carbocycles. The largest absolute Gasteiger partial charge is 0.368 e. The molecule has 0 bridgehead atoms. The van der Waals surface area contributed by atoms with Gasteiger partial charge in [-0.05, 0) is 41.4 Å². The molecule has 0 aliphatic rings. The number of nitrogens with one attached hydrogen (secondary N) is 5. The van der Waals surface area contributed by atoms with Crippen LogP contribution in [0.2, 0.25) is 0 Å². The molecule has 0 fully saturated rings. The summed E-state index contributed by atoms with van der Waals surface area (Å²) < 4.78 is 0. The smallest absolute Gasteiger partial charge is 0.243 e. The molecule has 0 radical (unpaired) electrons. The van der Waals surface area contributed by atoms with Crippen molar-refractivity contribution in [3.8, 4) is 0 Å². The maximum absolute atomic E-state index is 14.2. The monoisotopic (exact) mass is 754 g/mol. The maximum Gasteiger partial charge on any atom is 0.243 e. The Hall–Kier alpha value is -5.52. The lowest BCUT2D eigenvalue weighted by atomic mass is 9.98. The molecule has 0 spiro atoms. The van der Waals surface area contributed by atoms with Gasteiger partial charge in [0.25, 0.3) is 0 Å². The third kappa shape index (κ3) is 15.4. The molecular formula is C43H58N6O6. The van der Waals surface area contributed by atoms with Crippen LogP contribution >= 0.6 is 0 Å². The van der Waals surface area contributed by atoms with E-state index >= 15 is 0 Å². The zero-order chi connectivity index (χ0) is 40.3. The molecule has 6 amide bonds. The van der Waals surface area contributed by atoms with E-state index in [4.69, 9.17) is 5.73 Å². The summed E-state index contributed by atoms with van der Waals surface area (Å²) in [5.74, 6) is -3.60. The number of carbonyl (C=O) groups is 6. The highest BCUT2D eigenvalue weighted by Crippen LogP contribution is 2.12. The lowest BCUT2D eigenvalue weighted by Gasteiger charge is -2.29. The van der Waals surface area contributed by atoms with Crippen molar-refractivity contribution in [2.45, 2.75) is 110 Å². The predicted octanol–water partition coefficient (Wildman–Crippen LogP) is 3.52. The fraction of sp³-hybridized carbons (Fsp3) is 0.442. The van der Waals surface area contributed by atoms with Gasteiger partial charge in [0.05, 0.1) is 0 Å². The standard InChI is InChI=1S/C43H58N6O6/c1-6-7-23-37(50)45-34(24-28(2)3)42(54)49-38(29(4)5)43(55)48-36(27-32-21-15-10-16-22-32)41(53)47-35(26-31-19-13-9-14-20-31)40(52)46-33(39(44)51)25-30-17-11-8-12-18-30/h8-22,28-29,33-36,38H,6-7,23-27H2,1-5H3,(H2,44,51)(H,45,50)(H,46,52)(H,47,53)(H,48,55)(H,49,54)/t33-,34-,35-,36-,38-/m1/s1. The van der Waals surface area contributed by atoms with Gasteiger partial charge in [0.1, 0.15) is 30.2 Å². The first kappa shape index (κ1) is 43.9. The molecular weight excluding hydrogens is 697 g/mol. The number of benzene rings is 3. The molecule has 0 saturated heterocycles. The first-order valence-corrected chi connectivity index (χ1v) is 19.2. The second-order valence-electron chi connectivity index (χ2n) is 14.7. The summed E-state index contributed by atoms with van der Waals surface area (Å²) in [4.78, 5) is 80.8. The number of hydrogen-bond acceptors (Lipinski definition) is 6. The second kappa shape index (κ2) is 22.6. The summed E-state index contributed by atoms with van der Waals surface area (Å²) in [7, 11) is 0. The number of nitrogens with two attached hydrogens (primary N) is 1. The number of primary amides is 1. The lowest BCUT2D eigenvalue weighted by Crippen LogP contribution is -2.60. The number of rotatable bonds is 22. The number of amides is 6. The van der Waals surface area contributed by atoms with Crippen LogP contribution in [0.15, 0.2) is 91.0 Å². The first-order chi connectivity index (χ1) is 26.3. The van der Waals surface area contributed by atoms with Crippen molar-refractivity contribution in [2.75, 3.05) is 0 Å². The van der Waals surface area contributed by atoms with Gasteiger partial charge in [-0.2, -0.15) is 0 Å². The number of hydrogen-bond donors (Lipinski definition) is 6. The van der Waals surface area contributed by atoms with Crippen molar-refractivity contribution < 1.29 is 28.8 Å². The van der Waals surface area contributed by atoms with Gasteiger partial charge in [0.2, 0.25) is 35.4 Å². The number of carbonyl (C=O) groups excluding carboxylic acids is 6. The van der Waals surface area contributed by atoms with Crippen molar-refractivity contribution in [1.82, 2.24) is 26.6 Å². The van der Waals surface area contributed by atoms with Crippen LogP contribution in [0.25, 0.3) is 0 Å². The molecule has 296 valence electrons. The van der Waals surface area contributed by atoms with E-state index in [2.05, 4.69) is 26.6 Å². The first-order valence-electron chi connectivity index (χ1n) is 19.2. The van der Waals surface area contributed by atoms with Gasteiger partial charge in [0.15, 0.2) is 0 Å². The van der Waals surface area contributed by atoms with Crippen molar-refractivity contribution >= 4 is 35.4 Å². The average Bonchev–Trinajstić information content (AvgIpc) is 3.15. The Bertz CT molecular complexity index is 1690. The molecule has 0 aliphatic carbocycles. The molecule has 12 nitrogen and oxygen atoms in total. The minimum absolute atomic E-state index is 0.0816. The van der Waals surface area contributed by atoms with Crippen molar-refractivity contribution in [3.05, 3.63) is 108 Å². The predicted molar refractivity (Wildman–Crippen MR) is 213 cm³/mol. The van der Waals surface area contributed by atoms with E-state index in [1.165, 1.54) is 0 Å². The fourth-order valence-electron chi connectivity index (χ4n) is 6.09. The summed E-state index contributed by atoms with van der Waals surface area (Å²) >= 11 is 0. The Morgan fingerprint density at radius 1 is 0.527 bits per heavy atom. The molecule has 12 heteroatoms. The van der Waals surface area contributed by atoms with Crippen LogP contribution in [0.1, 0.15) is 77.0 Å². The molecule has 3 rings (SSSR count). The molecule has 0 heterocycles. The average molecular weight is 755 g/mol. The highest BCUT2D eigenvalue weighted by Gasteiger charge is 2.34. The summed E-state index contributed by atoms with van der Waals surface area (Å²) in [6.45, 7) is 9.42. The Morgan fingerprint density at radius 3 is 1.33 bits per heavy atom. The van der Waals surface area contributed by atoms with Gasteiger partial charge < -0.3 is 32.3 Å².